The summed E-state index contributed by atoms with van der Waals surface area (Å²) in [6.07, 6.45) is 5.27. The second-order valence-electron chi connectivity index (χ2n) is 7.58. The molecule has 1 atom stereocenters. The molecule has 1 unspecified atom stereocenters. The molecular weight excluding hydrogens is 362 g/mol. The van der Waals surface area contributed by atoms with E-state index < -0.39 is 0 Å². The fourth-order valence-corrected chi connectivity index (χ4v) is 3.24. The molecule has 154 valence electrons. The predicted octanol–water partition coefficient (Wildman–Crippen LogP) is 3.15. The average molecular weight is 394 g/mol. The van der Waals surface area contributed by atoms with Crippen molar-refractivity contribution in [3.63, 3.8) is 0 Å². The molecule has 3 rings (SSSR count). The summed E-state index contributed by atoms with van der Waals surface area (Å²) in [5, 5.41) is 2.98. The summed E-state index contributed by atoms with van der Waals surface area (Å²) in [5.41, 5.74) is 2.49. The maximum atomic E-state index is 12.5. The van der Waals surface area contributed by atoms with Crippen LogP contribution in [0, 0.1) is 6.92 Å². The van der Waals surface area contributed by atoms with Gasteiger partial charge in [-0.2, -0.15) is 0 Å². The molecule has 0 spiro atoms. The SMILES string of the molecule is CCC(C)NC(=O)c1cc(C)nc(N2CCN(C/C=C/c3ccccc3)CC2)n1. The van der Waals surface area contributed by atoms with Crippen molar-refractivity contribution in [2.45, 2.75) is 33.2 Å². The molecule has 1 aromatic heterocycles. The Hall–Kier alpha value is -2.73. The summed E-state index contributed by atoms with van der Waals surface area (Å²) >= 11 is 0. The number of amides is 1. The number of hydrogen-bond acceptors (Lipinski definition) is 5. The highest BCUT2D eigenvalue weighted by atomic mass is 16.1. The molecular formula is C23H31N5O. The van der Waals surface area contributed by atoms with E-state index in [1.807, 2.05) is 19.9 Å². The fourth-order valence-electron chi connectivity index (χ4n) is 3.24. The van der Waals surface area contributed by atoms with Gasteiger partial charge in [0.15, 0.2) is 0 Å². The molecule has 1 saturated heterocycles. The number of aryl methyl sites for hydroxylation is 1. The van der Waals surface area contributed by atoms with E-state index >= 15 is 0 Å². The Kier molecular flexibility index (Phi) is 7.36. The van der Waals surface area contributed by atoms with Gasteiger partial charge in [-0.1, -0.05) is 49.4 Å². The van der Waals surface area contributed by atoms with E-state index in [4.69, 9.17) is 0 Å². The van der Waals surface area contributed by atoms with Crippen molar-refractivity contribution in [2.24, 2.45) is 0 Å². The first-order valence-electron chi connectivity index (χ1n) is 10.4. The summed E-state index contributed by atoms with van der Waals surface area (Å²) in [6.45, 7) is 10.5. The first kappa shape index (κ1) is 21.0. The highest BCUT2D eigenvalue weighted by Gasteiger charge is 2.20. The number of piperazine rings is 1. The van der Waals surface area contributed by atoms with Gasteiger partial charge in [-0.25, -0.2) is 9.97 Å². The number of hydrogen-bond donors (Lipinski definition) is 1. The van der Waals surface area contributed by atoms with Crippen molar-refractivity contribution in [1.82, 2.24) is 20.2 Å². The quantitative estimate of drug-likeness (QED) is 0.783. The highest BCUT2D eigenvalue weighted by molar-refractivity contribution is 5.92. The molecule has 0 bridgehead atoms. The van der Waals surface area contributed by atoms with Gasteiger partial charge >= 0.3 is 0 Å². The Balaban J connectivity index is 1.56. The third-order valence-electron chi connectivity index (χ3n) is 5.19. The topological polar surface area (TPSA) is 61.4 Å². The minimum absolute atomic E-state index is 0.129. The average Bonchev–Trinajstić information content (AvgIpc) is 2.74. The van der Waals surface area contributed by atoms with Gasteiger partial charge < -0.3 is 10.2 Å². The van der Waals surface area contributed by atoms with E-state index in [2.05, 4.69) is 68.4 Å². The Morgan fingerprint density at radius 2 is 1.90 bits per heavy atom. The first-order valence-corrected chi connectivity index (χ1v) is 10.4. The maximum absolute atomic E-state index is 12.5. The van der Waals surface area contributed by atoms with E-state index in [9.17, 15) is 4.79 Å². The lowest BCUT2D eigenvalue weighted by atomic mass is 10.2. The summed E-state index contributed by atoms with van der Waals surface area (Å²) < 4.78 is 0. The number of rotatable bonds is 7. The summed E-state index contributed by atoms with van der Waals surface area (Å²) in [5.74, 6) is 0.523. The van der Waals surface area contributed by atoms with Crippen LogP contribution in [0.25, 0.3) is 6.08 Å². The van der Waals surface area contributed by atoms with Crippen molar-refractivity contribution in [1.29, 1.82) is 0 Å². The molecule has 0 aliphatic carbocycles. The number of aromatic nitrogens is 2. The van der Waals surface area contributed by atoms with Crippen LogP contribution in [0.3, 0.4) is 0 Å². The minimum atomic E-state index is -0.129. The van der Waals surface area contributed by atoms with Crippen molar-refractivity contribution < 1.29 is 4.79 Å². The van der Waals surface area contributed by atoms with Gasteiger partial charge in [-0.3, -0.25) is 9.69 Å². The summed E-state index contributed by atoms with van der Waals surface area (Å²) in [6, 6.07) is 12.2. The van der Waals surface area contributed by atoms with E-state index in [-0.39, 0.29) is 11.9 Å². The third-order valence-corrected chi connectivity index (χ3v) is 5.19. The highest BCUT2D eigenvalue weighted by Crippen LogP contribution is 2.14. The van der Waals surface area contributed by atoms with Crippen molar-refractivity contribution in [3.05, 3.63) is 59.4 Å². The van der Waals surface area contributed by atoms with Gasteiger partial charge in [0, 0.05) is 44.5 Å². The molecule has 2 aromatic rings. The number of carbonyl (C=O) groups excluding carboxylic acids is 1. The molecule has 1 fully saturated rings. The normalized spacial score (nSPS) is 16.2. The van der Waals surface area contributed by atoms with Gasteiger partial charge in [-0.15, -0.1) is 0 Å². The molecule has 6 nitrogen and oxygen atoms in total. The molecule has 1 aliphatic rings. The second-order valence-corrected chi connectivity index (χ2v) is 7.58. The molecule has 1 aromatic carbocycles. The summed E-state index contributed by atoms with van der Waals surface area (Å²) in [4.78, 5) is 26.2. The number of anilines is 1. The van der Waals surface area contributed by atoms with Crippen LogP contribution in [-0.2, 0) is 0 Å². The predicted molar refractivity (Wildman–Crippen MR) is 118 cm³/mol. The lowest BCUT2D eigenvalue weighted by Crippen LogP contribution is -2.47. The van der Waals surface area contributed by atoms with Crippen LogP contribution in [0.2, 0.25) is 0 Å². The lowest BCUT2D eigenvalue weighted by Gasteiger charge is -2.34. The molecule has 1 aliphatic heterocycles. The van der Waals surface area contributed by atoms with Crippen LogP contribution < -0.4 is 10.2 Å². The van der Waals surface area contributed by atoms with E-state index in [1.54, 1.807) is 6.07 Å². The molecule has 6 heteroatoms. The van der Waals surface area contributed by atoms with Gasteiger partial charge in [0.1, 0.15) is 5.69 Å². The van der Waals surface area contributed by atoms with Crippen LogP contribution in [0.4, 0.5) is 5.95 Å². The van der Waals surface area contributed by atoms with Crippen molar-refractivity contribution in [2.75, 3.05) is 37.6 Å². The van der Waals surface area contributed by atoms with Crippen LogP contribution in [-0.4, -0.2) is 59.5 Å². The zero-order chi connectivity index (χ0) is 20.6. The Bertz CT molecular complexity index is 828. The third kappa shape index (κ3) is 6.12. The lowest BCUT2D eigenvalue weighted by molar-refractivity contribution is 0.0934. The first-order chi connectivity index (χ1) is 14.0. The van der Waals surface area contributed by atoms with Crippen LogP contribution in [0.1, 0.15) is 42.0 Å². The molecule has 0 radical (unpaired) electrons. The van der Waals surface area contributed by atoms with Crippen molar-refractivity contribution in [3.8, 4) is 0 Å². The van der Waals surface area contributed by atoms with E-state index in [0.717, 1.165) is 44.8 Å². The number of carbonyl (C=O) groups is 1. The van der Waals surface area contributed by atoms with Gasteiger partial charge in [0.05, 0.1) is 0 Å². The van der Waals surface area contributed by atoms with E-state index in [0.29, 0.717) is 11.6 Å². The number of nitrogens with one attached hydrogen (secondary N) is 1. The fraction of sp³-hybridized carbons (Fsp3) is 0.435. The van der Waals surface area contributed by atoms with Gasteiger partial charge in [-0.05, 0) is 31.9 Å². The van der Waals surface area contributed by atoms with Crippen LogP contribution in [0.15, 0.2) is 42.5 Å². The largest absolute Gasteiger partial charge is 0.348 e. The number of nitrogens with zero attached hydrogens (tertiary/aromatic N) is 4. The van der Waals surface area contributed by atoms with Crippen molar-refractivity contribution >= 4 is 17.9 Å². The summed E-state index contributed by atoms with van der Waals surface area (Å²) in [7, 11) is 0. The Labute approximate surface area is 173 Å². The molecule has 0 saturated carbocycles. The van der Waals surface area contributed by atoms with Crippen LogP contribution in [0.5, 0.6) is 0 Å². The second kappa shape index (κ2) is 10.2. The zero-order valence-corrected chi connectivity index (χ0v) is 17.6. The molecule has 29 heavy (non-hydrogen) atoms. The smallest absolute Gasteiger partial charge is 0.270 e. The molecule has 2 heterocycles. The maximum Gasteiger partial charge on any atom is 0.270 e. The van der Waals surface area contributed by atoms with Gasteiger partial charge in [0.25, 0.3) is 5.91 Å². The van der Waals surface area contributed by atoms with Gasteiger partial charge in [0.2, 0.25) is 5.95 Å². The Morgan fingerprint density at radius 1 is 1.17 bits per heavy atom. The monoisotopic (exact) mass is 393 g/mol. The standard InChI is InChI=1S/C23H31N5O/c1-4-18(2)24-22(29)21-17-19(3)25-23(26-21)28-15-13-27(14-16-28)12-8-11-20-9-6-5-7-10-20/h5-11,17-18H,4,12-16H2,1-3H3,(H,24,29)/b11-8+. The number of benzene rings is 1. The molecule has 1 N–H and O–H groups in total. The minimum Gasteiger partial charge on any atom is -0.348 e. The molecule has 1 amide bonds. The van der Waals surface area contributed by atoms with E-state index in [1.165, 1.54) is 5.56 Å². The Morgan fingerprint density at radius 3 is 2.59 bits per heavy atom. The zero-order valence-electron chi connectivity index (χ0n) is 17.6. The van der Waals surface area contributed by atoms with Crippen LogP contribution >= 0.6 is 0 Å².